The maximum Gasteiger partial charge on any atom is 0.338 e. The van der Waals surface area contributed by atoms with Crippen molar-refractivity contribution in [3.8, 4) is 11.4 Å². The van der Waals surface area contributed by atoms with E-state index >= 15 is 0 Å². The van der Waals surface area contributed by atoms with E-state index in [1.54, 1.807) is 41.7 Å². The fourth-order valence-electron chi connectivity index (χ4n) is 4.06. The smallest absolute Gasteiger partial charge is 0.338 e. The second-order valence-corrected chi connectivity index (χ2v) is 8.27. The molecule has 5 aromatic rings. The molecule has 0 saturated heterocycles. The molecule has 5 rings (SSSR count). The Kier molecular flexibility index (Phi) is 6.03. The van der Waals surface area contributed by atoms with E-state index in [0.29, 0.717) is 28.1 Å². The molecule has 0 aliphatic rings. The topological polar surface area (TPSA) is 108 Å². The van der Waals surface area contributed by atoms with Crippen LogP contribution in [0.3, 0.4) is 0 Å². The summed E-state index contributed by atoms with van der Waals surface area (Å²) in [5.41, 5.74) is 3.83. The Labute approximate surface area is 206 Å². The van der Waals surface area contributed by atoms with Crippen LogP contribution in [0, 0.1) is 6.92 Å². The van der Waals surface area contributed by atoms with Crippen LogP contribution in [0.25, 0.3) is 28.1 Å². The number of carbonyl (C=O) groups is 2. The van der Waals surface area contributed by atoms with E-state index in [2.05, 4.69) is 15.5 Å². The number of fused-ring (bicyclic) bond motifs is 3. The summed E-state index contributed by atoms with van der Waals surface area (Å²) in [6.07, 6.45) is 0. The highest BCUT2D eigenvalue weighted by atomic mass is 16.5. The van der Waals surface area contributed by atoms with Crippen LogP contribution in [0.2, 0.25) is 0 Å². The van der Waals surface area contributed by atoms with Gasteiger partial charge in [-0.3, -0.25) is 18.6 Å². The fraction of sp³-hybridized carbons (Fsp3) is 0.148. The summed E-state index contributed by atoms with van der Waals surface area (Å²) in [7, 11) is 0. The summed E-state index contributed by atoms with van der Waals surface area (Å²) in [6.45, 7) is 3.79. The second-order valence-electron chi connectivity index (χ2n) is 8.27. The van der Waals surface area contributed by atoms with Gasteiger partial charge in [-0.2, -0.15) is 0 Å². The third-order valence-corrected chi connectivity index (χ3v) is 5.80. The molecule has 2 aromatic heterocycles. The van der Waals surface area contributed by atoms with Crippen LogP contribution in [-0.4, -0.2) is 37.6 Å². The van der Waals surface area contributed by atoms with E-state index < -0.39 is 17.4 Å². The van der Waals surface area contributed by atoms with Crippen LogP contribution in [0.15, 0.2) is 77.6 Å². The van der Waals surface area contributed by atoms with E-state index in [9.17, 15) is 14.4 Å². The predicted octanol–water partition coefficient (Wildman–Crippen LogP) is 3.84. The molecule has 0 bridgehead atoms. The van der Waals surface area contributed by atoms with Crippen molar-refractivity contribution in [1.82, 2.24) is 19.2 Å². The molecule has 9 heteroatoms. The highest BCUT2D eigenvalue weighted by Gasteiger charge is 2.19. The van der Waals surface area contributed by atoms with Crippen molar-refractivity contribution in [3.05, 3.63) is 94.3 Å². The number of para-hydroxylation sites is 2. The van der Waals surface area contributed by atoms with E-state index in [1.165, 1.54) is 4.57 Å². The number of rotatable bonds is 6. The van der Waals surface area contributed by atoms with Gasteiger partial charge in [0.05, 0.1) is 23.2 Å². The van der Waals surface area contributed by atoms with Crippen molar-refractivity contribution in [1.29, 1.82) is 0 Å². The van der Waals surface area contributed by atoms with Crippen LogP contribution in [0.1, 0.15) is 22.8 Å². The Morgan fingerprint density at radius 2 is 1.61 bits per heavy atom. The minimum absolute atomic E-state index is 0.135. The lowest BCUT2D eigenvalue weighted by Gasteiger charge is -2.13. The van der Waals surface area contributed by atoms with Gasteiger partial charge in [-0.15, -0.1) is 10.2 Å². The van der Waals surface area contributed by atoms with E-state index in [-0.39, 0.29) is 18.8 Å². The van der Waals surface area contributed by atoms with Gasteiger partial charge in [-0.05, 0) is 50.2 Å². The number of hydrogen-bond donors (Lipinski definition) is 1. The molecule has 0 fully saturated rings. The lowest BCUT2D eigenvalue weighted by molar-refractivity contribution is -0.116. The summed E-state index contributed by atoms with van der Waals surface area (Å²) in [5.74, 6) is -0.273. The van der Waals surface area contributed by atoms with Crippen LogP contribution in [-0.2, 0) is 16.1 Å². The van der Waals surface area contributed by atoms with Crippen molar-refractivity contribution in [3.63, 3.8) is 0 Å². The highest BCUT2D eigenvalue weighted by Crippen LogP contribution is 2.23. The fourth-order valence-corrected chi connectivity index (χ4v) is 4.06. The van der Waals surface area contributed by atoms with Crippen LogP contribution >= 0.6 is 0 Å². The van der Waals surface area contributed by atoms with Crippen molar-refractivity contribution in [2.24, 2.45) is 0 Å². The molecule has 9 nitrogen and oxygen atoms in total. The Hall–Kier alpha value is -4.79. The number of carbonyl (C=O) groups excluding carboxylic acids is 2. The minimum atomic E-state index is -0.431. The average Bonchev–Trinajstić information content (AvgIpc) is 3.33. The van der Waals surface area contributed by atoms with Crippen molar-refractivity contribution in [2.45, 2.75) is 20.4 Å². The summed E-state index contributed by atoms with van der Waals surface area (Å²) < 4.78 is 8.09. The molecular weight excluding hydrogens is 458 g/mol. The molecule has 0 saturated carbocycles. The van der Waals surface area contributed by atoms with Crippen molar-refractivity contribution >= 4 is 34.2 Å². The number of esters is 1. The maximum absolute atomic E-state index is 13.4. The first kappa shape index (κ1) is 23.0. The molecule has 0 radical (unpaired) electrons. The van der Waals surface area contributed by atoms with Crippen LogP contribution < -0.4 is 10.9 Å². The molecule has 1 N–H and O–H groups in total. The summed E-state index contributed by atoms with van der Waals surface area (Å²) in [5, 5.41) is 11.2. The van der Waals surface area contributed by atoms with Crippen LogP contribution in [0.5, 0.6) is 0 Å². The molecule has 36 heavy (non-hydrogen) atoms. The first-order valence-corrected chi connectivity index (χ1v) is 11.5. The molecule has 0 aliphatic heterocycles. The Morgan fingerprint density at radius 3 is 2.31 bits per heavy atom. The summed E-state index contributed by atoms with van der Waals surface area (Å²) in [4.78, 5) is 38.1. The summed E-state index contributed by atoms with van der Waals surface area (Å²) >= 11 is 0. The minimum Gasteiger partial charge on any atom is -0.462 e. The van der Waals surface area contributed by atoms with Gasteiger partial charge in [-0.1, -0.05) is 42.0 Å². The number of nitrogens with zero attached hydrogens (tertiary/aromatic N) is 4. The standard InChI is InChI=1S/C27H23N5O4/c1-3-36-27(35)19-12-14-20(15-13-19)28-23(33)16-31-21-6-4-5-7-22(21)32-24(29-30-25(32)26(31)34)18-10-8-17(2)9-11-18/h4-15H,3,16H2,1-2H3,(H,28,33). The molecule has 3 aromatic carbocycles. The molecule has 0 atom stereocenters. The van der Waals surface area contributed by atoms with Gasteiger partial charge in [0.25, 0.3) is 5.56 Å². The van der Waals surface area contributed by atoms with E-state index in [0.717, 1.165) is 11.1 Å². The van der Waals surface area contributed by atoms with Gasteiger partial charge in [0.15, 0.2) is 5.82 Å². The molecular formula is C27H23N5O4. The zero-order valence-electron chi connectivity index (χ0n) is 19.8. The average molecular weight is 482 g/mol. The molecule has 180 valence electrons. The third kappa shape index (κ3) is 4.22. The van der Waals surface area contributed by atoms with Crippen LogP contribution in [0.4, 0.5) is 5.69 Å². The second kappa shape index (κ2) is 9.46. The van der Waals surface area contributed by atoms with Gasteiger partial charge >= 0.3 is 5.97 Å². The highest BCUT2D eigenvalue weighted by molar-refractivity contribution is 5.93. The molecule has 0 spiro atoms. The maximum atomic E-state index is 13.4. The number of benzene rings is 3. The van der Waals surface area contributed by atoms with Gasteiger partial charge in [-0.25, -0.2) is 4.79 Å². The molecule has 0 unspecified atom stereocenters. The molecule has 2 heterocycles. The van der Waals surface area contributed by atoms with E-state index in [4.69, 9.17) is 4.74 Å². The number of aromatic nitrogens is 4. The SMILES string of the molecule is CCOC(=O)c1ccc(NC(=O)Cn2c(=O)c3nnc(-c4ccc(C)cc4)n3c3ccccc32)cc1. The number of hydrogen-bond acceptors (Lipinski definition) is 6. The van der Waals surface area contributed by atoms with Gasteiger partial charge in [0.2, 0.25) is 11.6 Å². The number of nitrogens with one attached hydrogen (secondary N) is 1. The zero-order chi connectivity index (χ0) is 25.2. The van der Waals surface area contributed by atoms with Crippen molar-refractivity contribution in [2.75, 3.05) is 11.9 Å². The van der Waals surface area contributed by atoms with Crippen molar-refractivity contribution < 1.29 is 14.3 Å². The third-order valence-electron chi connectivity index (χ3n) is 5.80. The van der Waals surface area contributed by atoms with Gasteiger partial charge < -0.3 is 10.1 Å². The Morgan fingerprint density at radius 1 is 0.917 bits per heavy atom. The zero-order valence-corrected chi connectivity index (χ0v) is 19.8. The predicted molar refractivity (Wildman–Crippen MR) is 136 cm³/mol. The lowest BCUT2D eigenvalue weighted by atomic mass is 10.1. The lowest BCUT2D eigenvalue weighted by Crippen LogP contribution is -2.29. The first-order valence-electron chi connectivity index (χ1n) is 11.5. The largest absolute Gasteiger partial charge is 0.462 e. The quantitative estimate of drug-likeness (QED) is 0.369. The Bertz CT molecular complexity index is 1650. The van der Waals surface area contributed by atoms with E-state index in [1.807, 2.05) is 49.4 Å². The van der Waals surface area contributed by atoms with Gasteiger partial charge in [0, 0.05) is 11.3 Å². The summed E-state index contributed by atoms with van der Waals surface area (Å²) in [6, 6.07) is 21.5. The van der Waals surface area contributed by atoms with Gasteiger partial charge in [0.1, 0.15) is 6.54 Å². The monoisotopic (exact) mass is 481 g/mol. The number of amides is 1. The normalized spacial score (nSPS) is 11.1. The number of aryl methyl sites for hydroxylation is 1. The number of anilines is 1. The Balaban J connectivity index is 1.49. The first-order chi connectivity index (χ1) is 17.5. The number of ether oxygens (including phenoxy) is 1. The molecule has 0 aliphatic carbocycles. The molecule has 1 amide bonds.